The van der Waals surface area contributed by atoms with Gasteiger partial charge in [-0.05, 0) is 17.2 Å². The highest BCUT2D eigenvalue weighted by molar-refractivity contribution is 5.61. The number of ether oxygens (including phenoxy) is 1. The van der Waals surface area contributed by atoms with Crippen molar-refractivity contribution in [3.63, 3.8) is 0 Å². The van der Waals surface area contributed by atoms with Gasteiger partial charge in [-0.25, -0.2) is 0 Å². The van der Waals surface area contributed by atoms with Gasteiger partial charge >= 0.3 is 0 Å². The number of benzene rings is 1. The Labute approximate surface area is 113 Å². The molecule has 96 valence electrons. The van der Waals surface area contributed by atoms with Gasteiger partial charge in [0, 0.05) is 19.6 Å². The van der Waals surface area contributed by atoms with Gasteiger partial charge < -0.3 is 4.74 Å². The number of allylic oxidation sites excluding steroid dienone is 1. The molecule has 0 atom stereocenters. The number of morpholine rings is 1. The third kappa shape index (κ3) is 3.93. The predicted molar refractivity (Wildman–Crippen MR) is 71.7 cm³/mol. The molecule has 1 heterocycles. The molecule has 1 aliphatic rings. The summed E-state index contributed by atoms with van der Waals surface area (Å²) in [4.78, 5) is 2.35. The third-order valence-corrected chi connectivity index (χ3v) is 3.04. The van der Waals surface area contributed by atoms with Gasteiger partial charge in [0.2, 0.25) is 0 Å². The van der Waals surface area contributed by atoms with E-state index in [1.54, 1.807) is 6.08 Å². The molecule has 1 fully saturated rings. The Morgan fingerprint density at radius 2 is 1.79 bits per heavy atom. The molecule has 0 radical (unpaired) electrons. The zero-order chi connectivity index (χ0) is 13.5. The van der Waals surface area contributed by atoms with Gasteiger partial charge in [-0.2, -0.15) is 10.5 Å². The second-order valence-electron chi connectivity index (χ2n) is 4.41. The second kappa shape index (κ2) is 6.70. The van der Waals surface area contributed by atoms with E-state index in [0.717, 1.165) is 38.4 Å². The van der Waals surface area contributed by atoms with E-state index in [-0.39, 0.29) is 5.57 Å². The van der Waals surface area contributed by atoms with Crippen molar-refractivity contribution >= 4 is 6.08 Å². The van der Waals surface area contributed by atoms with Crippen LogP contribution < -0.4 is 0 Å². The van der Waals surface area contributed by atoms with Crippen molar-refractivity contribution in [1.82, 2.24) is 4.90 Å². The number of rotatable bonds is 3. The van der Waals surface area contributed by atoms with Crippen molar-refractivity contribution in [3.05, 3.63) is 41.0 Å². The lowest BCUT2D eigenvalue weighted by Crippen LogP contribution is -2.35. The largest absolute Gasteiger partial charge is 0.379 e. The molecule has 0 spiro atoms. The van der Waals surface area contributed by atoms with E-state index < -0.39 is 0 Å². The van der Waals surface area contributed by atoms with Crippen molar-refractivity contribution < 1.29 is 4.74 Å². The van der Waals surface area contributed by atoms with Crippen LogP contribution in [0.3, 0.4) is 0 Å². The Bertz CT molecular complexity index is 512. The molecule has 0 saturated carbocycles. The molecular formula is C15H15N3O. The summed E-state index contributed by atoms with van der Waals surface area (Å²) in [7, 11) is 0. The maximum atomic E-state index is 8.70. The molecule has 0 unspecified atom stereocenters. The Kier molecular flexibility index (Phi) is 4.69. The zero-order valence-corrected chi connectivity index (χ0v) is 10.7. The van der Waals surface area contributed by atoms with E-state index in [2.05, 4.69) is 4.90 Å². The van der Waals surface area contributed by atoms with Crippen LogP contribution in [0, 0.1) is 22.7 Å². The summed E-state index contributed by atoms with van der Waals surface area (Å²) in [5, 5.41) is 17.4. The van der Waals surface area contributed by atoms with Crippen LogP contribution in [0.15, 0.2) is 29.8 Å². The topological polar surface area (TPSA) is 60.0 Å². The molecule has 0 bridgehead atoms. The van der Waals surface area contributed by atoms with Crippen LogP contribution in [-0.4, -0.2) is 31.2 Å². The Morgan fingerprint density at radius 1 is 1.16 bits per heavy atom. The Hall–Kier alpha value is -2.14. The van der Waals surface area contributed by atoms with Gasteiger partial charge in [-0.15, -0.1) is 0 Å². The van der Waals surface area contributed by atoms with Crippen LogP contribution in [0.25, 0.3) is 6.08 Å². The Balaban J connectivity index is 2.00. The van der Waals surface area contributed by atoms with Crippen LogP contribution in [-0.2, 0) is 11.3 Å². The molecular weight excluding hydrogens is 238 g/mol. The molecule has 0 amide bonds. The van der Waals surface area contributed by atoms with E-state index in [9.17, 15) is 0 Å². The molecule has 1 aromatic carbocycles. The first-order valence-corrected chi connectivity index (χ1v) is 6.23. The van der Waals surface area contributed by atoms with Gasteiger partial charge in [-0.1, -0.05) is 24.3 Å². The average Bonchev–Trinajstić information content (AvgIpc) is 2.47. The molecule has 0 aliphatic carbocycles. The fourth-order valence-electron chi connectivity index (χ4n) is 1.99. The minimum Gasteiger partial charge on any atom is -0.379 e. The van der Waals surface area contributed by atoms with Crippen LogP contribution >= 0.6 is 0 Å². The molecule has 0 N–H and O–H groups in total. The fourth-order valence-corrected chi connectivity index (χ4v) is 1.99. The molecule has 19 heavy (non-hydrogen) atoms. The van der Waals surface area contributed by atoms with E-state index >= 15 is 0 Å². The third-order valence-electron chi connectivity index (χ3n) is 3.04. The summed E-state index contributed by atoms with van der Waals surface area (Å²) in [6.07, 6.45) is 1.60. The van der Waals surface area contributed by atoms with Crippen LogP contribution in [0.4, 0.5) is 0 Å². The monoisotopic (exact) mass is 253 g/mol. The standard InChI is InChI=1S/C15H15N3O/c16-10-15(11-17)9-13-1-3-14(4-2-13)12-18-5-7-19-8-6-18/h1-4,9H,5-8,12H2. The maximum Gasteiger partial charge on any atom is 0.130 e. The predicted octanol–water partition coefficient (Wildman–Crippen LogP) is 1.95. The normalized spacial score (nSPS) is 15.3. The summed E-state index contributed by atoms with van der Waals surface area (Å²) in [5.74, 6) is 0. The first-order valence-electron chi connectivity index (χ1n) is 6.23. The molecule has 0 aromatic heterocycles. The minimum absolute atomic E-state index is 0.126. The fraction of sp³-hybridized carbons (Fsp3) is 0.333. The highest BCUT2D eigenvalue weighted by atomic mass is 16.5. The van der Waals surface area contributed by atoms with Crippen molar-refractivity contribution in [2.75, 3.05) is 26.3 Å². The number of nitrogens with zero attached hydrogens (tertiary/aromatic N) is 3. The lowest BCUT2D eigenvalue weighted by Gasteiger charge is -2.26. The zero-order valence-electron chi connectivity index (χ0n) is 10.7. The van der Waals surface area contributed by atoms with Crippen molar-refractivity contribution in [1.29, 1.82) is 10.5 Å². The summed E-state index contributed by atoms with van der Waals surface area (Å²) in [6.45, 7) is 4.45. The smallest absolute Gasteiger partial charge is 0.130 e. The first kappa shape index (κ1) is 13.3. The molecule has 1 aromatic rings. The SMILES string of the molecule is N#CC(C#N)=Cc1ccc(CN2CCOCC2)cc1. The van der Waals surface area contributed by atoms with Crippen molar-refractivity contribution in [3.8, 4) is 12.1 Å². The van der Waals surface area contributed by atoms with E-state index in [4.69, 9.17) is 15.3 Å². The summed E-state index contributed by atoms with van der Waals surface area (Å²) in [5.41, 5.74) is 2.24. The highest BCUT2D eigenvalue weighted by Crippen LogP contribution is 2.11. The maximum absolute atomic E-state index is 8.70. The van der Waals surface area contributed by atoms with E-state index in [1.165, 1.54) is 5.56 Å². The summed E-state index contributed by atoms with van der Waals surface area (Å²) in [6, 6.07) is 11.7. The van der Waals surface area contributed by atoms with Gasteiger partial charge in [0.05, 0.1) is 13.2 Å². The first-order chi connectivity index (χ1) is 9.31. The highest BCUT2D eigenvalue weighted by Gasteiger charge is 2.10. The van der Waals surface area contributed by atoms with Crippen LogP contribution in [0.1, 0.15) is 11.1 Å². The van der Waals surface area contributed by atoms with Gasteiger partial charge in [0.25, 0.3) is 0 Å². The number of nitriles is 2. The van der Waals surface area contributed by atoms with Crippen LogP contribution in [0.2, 0.25) is 0 Å². The number of hydrogen-bond donors (Lipinski definition) is 0. The van der Waals surface area contributed by atoms with Gasteiger partial charge in [0.1, 0.15) is 17.7 Å². The second-order valence-corrected chi connectivity index (χ2v) is 4.41. The number of hydrogen-bond acceptors (Lipinski definition) is 4. The van der Waals surface area contributed by atoms with Crippen LogP contribution in [0.5, 0.6) is 0 Å². The molecule has 1 saturated heterocycles. The Morgan fingerprint density at radius 3 is 2.37 bits per heavy atom. The summed E-state index contributed by atoms with van der Waals surface area (Å²) >= 11 is 0. The average molecular weight is 253 g/mol. The quantitative estimate of drug-likeness (QED) is 0.772. The minimum atomic E-state index is 0.126. The summed E-state index contributed by atoms with van der Waals surface area (Å²) < 4.78 is 5.31. The lowest BCUT2D eigenvalue weighted by molar-refractivity contribution is 0.0342. The molecule has 1 aliphatic heterocycles. The van der Waals surface area contributed by atoms with Crippen molar-refractivity contribution in [2.45, 2.75) is 6.54 Å². The van der Waals surface area contributed by atoms with E-state index in [1.807, 2.05) is 36.4 Å². The van der Waals surface area contributed by atoms with Gasteiger partial charge in [0.15, 0.2) is 0 Å². The van der Waals surface area contributed by atoms with Gasteiger partial charge in [-0.3, -0.25) is 4.90 Å². The molecule has 2 rings (SSSR count). The molecule has 4 heteroatoms. The lowest BCUT2D eigenvalue weighted by atomic mass is 10.1. The van der Waals surface area contributed by atoms with Crippen molar-refractivity contribution in [2.24, 2.45) is 0 Å². The van der Waals surface area contributed by atoms with E-state index in [0.29, 0.717) is 0 Å². The molecule has 4 nitrogen and oxygen atoms in total.